The van der Waals surface area contributed by atoms with Crippen LogP contribution in [0, 0.1) is 11.8 Å². The lowest BCUT2D eigenvalue weighted by Gasteiger charge is -2.30. The third-order valence-electron chi connectivity index (χ3n) is 7.21. The third kappa shape index (κ3) is 5.83. The van der Waals surface area contributed by atoms with E-state index >= 15 is 0 Å². The van der Waals surface area contributed by atoms with E-state index in [0.717, 1.165) is 15.6 Å². The third-order valence-corrected chi connectivity index (χ3v) is 8.09. The highest BCUT2D eigenvalue weighted by Crippen LogP contribution is 2.39. The van der Waals surface area contributed by atoms with Crippen molar-refractivity contribution < 1.29 is 28.7 Å². The first-order valence-electron chi connectivity index (χ1n) is 13.0. The average molecular weight is 626 g/mol. The topological polar surface area (TPSA) is 101 Å². The van der Waals surface area contributed by atoms with Crippen molar-refractivity contribution in [3.05, 3.63) is 110 Å². The van der Waals surface area contributed by atoms with Gasteiger partial charge in [0.25, 0.3) is 17.7 Å². The first-order chi connectivity index (χ1) is 20.0. The molecule has 0 N–H and O–H groups in total. The fraction of sp³-hybridized carbons (Fsp3) is 0.194. The first kappa shape index (κ1) is 29.5. The fourth-order valence-corrected chi connectivity index (χ4v) is 5.72. The molecule has 3 aromatic carbocycles. The second kappa shape index (κ2) is 12.1. The van der Waals surface area contributed by atoms with Gasteiger partial charge >= 0.3 is 5.97 Å². The van der Waals surface area contributed by atoms with Crippen LogP contribution in [0.15, 0.2) is 78.4 Å². The van der Waals surface area contributed by atoms with Gasteiger partial charge in [-0.1, -0.05) is 58.6 Å². The molecule has 2 aliphatic rings. The van der Waals surface area contributed by atoms with Crippen LogP contribution in [-0.2, 0) is 9.59 Å². The monoisotopic (exact) mass is 624 g/mol. The molecule has 8 nitrogen and oxygen atoms in total. The van der Waals surface area contributed by atoms with E-state index in [-0.39, 0.29) is 32.5 Å². The van der Waals surface area contributed by atoms with Crippen molar-refractivity contribution in [3.8, 4) is 5.75 Å². The maximum atomic E-state index is 13.7. The van der Waals surface area contributed by atoms with Crippen LogP contribution in [0.2, 0.25) is 15.1 Å². The molecule has 1 fully saturated rings. The van der Waals surface area contributed by atoms with Crippen molar-refractivity contribution >= 4 is 64.3 Å². The average Bonchev–Trinajstić information content (AvgIpc) is 3.20. The largest absolute Gasteiger partial charge is 0.423 e. The molecule has 1 saturated heterocycles. The number of hydrazine groups is 1. The van der Waals surface area contributed by atoms with E-state index in [4.69, 9.17) is 39.5 Å². The maximum absolute atomic E-state index is 13.7. The fourth-order valence-electron chi connectivity index (χ4n) is 5.02. The van der Waals surface area contributed by atoms with Gasteiger partial charge < -0.3 is 4.74 Å². The second-order valence-corrected chi connectivity index (χ2v) is 11.2. The predicted octanol–water partition coefficient (Wildman–Crippen LogP) is 6.45. The lowest BCUT2D eigenvalue weighted by atomic mass is 9.82. The number of halogens is 3. The Labute approximate surface area is 256 Å². The Morgan fingerprint density at radius 3 is 2.26 bits per heavy atom. The van der Waals surface area contributed by atoms with E-state index in [9.17, 15) is 24.0 Å². The molecule has 42 heavy (non-hydrogen) atoms. The molecular formula is C31H23Cl3N2O6. The number of fused-ring (bicyclic) bond motifs is 1. The molecule has 0 bridgehead atoms. The van der Waals surface area contributed by atoms with Crippen LogP contribution in [-0.4, -0.2) is 46.0 Å². The van der Waals surface area contributed by atoms with Crippen LogP contribution in [0.5, 0.6) is 5.75 Å². The molecule has 1 heterocycles. The number of rotatable bonds is 7. The minimum atomic E-state index is -0.760. The molecule has 0 spiro atoms. The number of amides is 3. The van der Waals surface area contributed by atoms with Gasteiger partial charge in [-0.3, -0.25) is 19.2 Å². The van der Waals surface area contributed by atoms with Gasteiger partial charge in [-0.05, 0) is 74.4 Å². The minimum Gasteiger partial charge on any atom is -0.423 e. The highest BCUT2D eigenvalue weighted by atomic mass is 35.5. The number of ether oxygens (including phenoxy) is 1. The van der Waals surface area contributed by atoms with Gasteiger partial charge in [0, 0.05) is 10.6 Å². The quantitative estimate of drug-likeness (QED) is 0.0984. The van der Waals surface area contributed by atoms with Crippen molar-refractivity contribution in [2.24, 2.45) is 11.8 Å². The van der Waals surface area contributed by atoms with Crippen LogP contribution in [0.3, 0.4) is 0 Å². The molecule has 0 saturated carbocycles. The van der Waals surface area contributed by atoms with Gasteiger partial charge in [0.05, 0.1) is 33.0 Å². The zero-order valence-electron chi connectivity index (χ0n) is 22.2. The molecule has 0 radical (unpaired) electrons. The van der Waals surface area contributed by atoms with Crippen molar-refractivity contribution in [2.75, 3.05) is 6.54 Å². The molecule has 0 unspecified atom stereocenters. The number of carbonyl (C=O) groups is 5. The van der Waals surface area contributed by atoms with Gasteiger partial charge in [0.1, 0.15) is 12.3 Å². The number of Topliss-reactive ketones (excluding diaryl/α,β-unsaturated/α-hetero) is 1. The Bertz CT molecular complexity index is 1650. The molecule has 1 aliphatic heterocycles. The lowest BCUT2D eigenvalue weighted by Crippen LogP contribution is -2.52. The molecule has 3 aromatic rings. The summed E-state index contributed by atoms with van der Waals surface area (Å²) >= 11 is 18.2. The summed E-state index contributed by atoms with van der Waals surface area (Å²) in [6, 6.07) is 16.2. The van der Waals surface area contributed by atoms with Gasteiger partial charge in [-0.15, -0.1) is 0 Å². The molecule has 5 rings (SSSR count). The number of hydrogen-bond acceptors (Lipinski definition) is 6. The number of carbonyl (C=O) groups excluding carboxylic acids is 5. The Hall–Kier alpha value is -3.98. The number of ketones is 1. The summed E-state index contributed by atoms with van der Waals surface area (Å²) in [5.41, 5.74) is 1.30. The number of allylic oxidation sites excluding steroid dienone is 2. The van der Waals surface area contributed by atoms with Crippen LogP contribution >= 0.6 is 34.8 Å². The Morgan fingerprint density at radius 1 is 0.881 bits per heavy atom. The highest BCUT2D eigenvalue weighted by molar-refractivity contribution is 6.36. The van der Waals surface area contributed by atoms with Crippen molar-refractivity contribution in [3.63, 3.8) is 0 Å². The zero-order chi connectivity index (χ0) is 30.1. The predicted molar refractivity (Wildman–Crippen MR) is 157 cm³/mol. The number of hydrogen-bond donors (Lipinski definition) is 0. The molecule has 3 amide bonds. The number of benzene rings is 3. The van der Waals surface area contributed by atoms with Gasteiger partial charge in [-0.2, -0.15) is 5.01 Å². The maximum Gasteiger partial charge on any atom is 0.345 e. The Kier molecular flexibility index (Phi) is 8.50. The van der Waals surface area contributed by atoms with Crippen molar-refractivity contribution in [2.45, 2.75) is 19.8 Å². The summed E-state index contributed by atoms with van der Waals surface area (Å²) < 4.78 is 5.36. The van der Waals surface area contributed by atoms with Gasteiger partial charge in [0.2, 0.25) is 0 Å². The van der Waals surface area contributed by atoms with E-state index < -0.39 is 47.9 Å². The smallest absolute Gasteiger partial charge is 0.345 e. The van der Waals surface area contributed by atoms with E-state index in [1.807, 2.05) is 13.0 Å². The normalized spacial score (nSPS) is 17.9. The number of esters is 1. The Morgan fingerprint density at radius 2 is 1.57 bits per heavy atom. The summed E-state index contributed by atoms with van der Waals surface area (Å²) in [6.07, 6.45) is 2.69. The minimum absolute atomic E-state index is 0.0415. The summed E-state index contributed by atoms with van der Waals surface area (Å²) in [6.45, 7) is 1.28. The summed E-state index contributed by atoms with van der Waals surface area (Å²) in [4.78, 5) is 66.5. The number of imide groups is 1. The SMILES string of the molecule is CC1=CC[C@H]2C(=O)N(N(CC(=O)c3ccc(OC(=O)c4ccc(Cl)cc4Cl)cc3)C(=O)c3ccccc3Cl)C(=O)[C@@H]2C1. The highest BCUT2D eigenvalue weighted by Gasteiger charge is 2.51. The molecule has 2 atom stereocenters. The van der Waals surface area contributed by atoms with E-state index in [0.29, 0.717) is 17.9 Å². The van der Waals surface area contributed by atoms with Crippen LogP contribution < -0.4 is 4.74 Å². The van der Waals surface area contributed by atoms with E-state index in [2.05, 4.69) is 0 Å². The standard InChI is InChI=1S/C31H23Cl3N2O6/c1-17-6-12-21-24(14-17)30(40)36(29(21)39)35(28(38)22-4-2-3-5-25(22)33)16-27(37)18-7-10-20(11-8-18)42-31(41)23-13-9-19(32)15-26(23)34/h2-11,13,15,21,24H,12,14,16H2,1H3/t21-,24-/m1/s1. The molecule has 1 aliphatic carbocycles. The molecular weight excluding hydrogens is 603 g/mol. The van der Waals surface area contributed by atoms with Crippen molar-refractivity contribution in [1.82, 2.24) is 10.0 Å². The van der Waals surface area contributed by atoms with Crippen LogP contribution in [0.25, 0.3) is 0 Å². The summed E-state index contributed by atoms with van der Waals surface area (Å²) in [5.74, 6) is -4.18. The molecule has 0 aromatic heterocycles. The second-order valence-electron chi connectivity index (χ2n) is 10.00. The summed E-state index contributed by atoms with van der Waals surface area (Å²) in [5, 5.41) is 2.28. The number of nitrogens with zero attached hydrogens (tertiary/aromatic N) is 2. The van der Waals surface area contributed by atoms with Gasteiger partial charge in [-0.25, -0.2) is 9.80 Å². The van der Waals surface area contributed by atoms with Crippen molar-refractivity contribution in [1.29, 1.82) is 0 Å². The molecule has 214 valence electrons. The van der Waals surface area contributed by atoms with Gasteiger partial charge in [0.15, 0.2) is 5.78 Å². The molecule has 11 heteroatoms. The lowest BCUT2D eigenvalue weighted by molar-refractivity contribution is -0.154. The summed E-state index contributed by atoms with van der Waals surface area (Å²) in [7, 11) is 0. The zero-order valence-corrected chi connectivity index (χ0v) is 24.4. The van der Waals surface area contributed by atoms with Crippen LogP contribution in [0.4, 0.5) is 0 Å². The van der Waals surface area contributed by atoms with Crippen LogP contribution in [0.1, 0.15) is 50.8 Å². The van der Waals surface area contributed by atoms with E-state index in [1.165, 1.54) is 54.6 Å². The first-order valence-corrected chi connectivity index (χ1v) is 14.1. The van der Waals surface area contributed by atoms with E-state index in [1.54, 1.807) is 12.1 Å². The Balaban J connectivity index is 1.38.